The third-order valence-electron chi connectivity index (χ3n) is 4.46. The minimum atomic E-state index is 0.258. The summed E-state index contributed by atoms with van der Waals surface area (Å²) in [4.78, 5) is 6.88. The summed E-state index contributed by atoms with van der Waals surface area (Å²) in [6.07, 6.45) is 2.40. The maximum Gasteiger partial charge on any atom is 0.241 e. The maximum atomic E-state index is 5.43. The quantitative estimate of drug-likeness (QED) is 0.832. The van der Waals surface area contributed by atoms with E-state index in [0.717, 1.165) is 36.8 Å². The van der Waals surface area contributed by atoms with Crippen molar-refractivity contribution in [2.24, 2.45) is 5.92 Å². The van der Waals surface area contributed by atoms with Crippen molar-refractivity contribution in [1.82, 2.24) is 15.0 Å². The second kappa shape index (κ2) is 6.78. The van der Waals surface area contributed by atoms with Gasteiger partial charge in [0.25, 0.3) is 0 Å². The molecular formula is C17H21N3O4. The molecule has 24 heavy (non-hydrogen) atoms. The number of aromatic nitrogens is 2. The molecule has 0 bridgehead atoms. The van der Waals surface area contributed by atoms with Gasteiger partial charge in [0.15, 0.2) is 11.5 Å². The Kier molecular flexibility index (Phi) is 4.36. The highest BCUT2D eigenvalue weighted by atomic mass is 16.7. The number of rotatable bonds is 5. The van der Waals surface area contributed by atoms with Crippen molar-refractivity contribution in [3.05, 3.63) is 24.1 Å². The van der Waals surface area contributed by atoms with Crippen LogP contribution < -0.4 is 9.47 Å². The predicted molar refractivity (Wildman–Crippen MR) is 85.7 cm³/mol. The highest BCUT2D eigenvalue weighted by molar-refractivity contribution is 5.61. The van der Waals surface area contributed by atoms with Crippen LogP contribution in [0.4, 0.5) is 0 Å². The molecule has 0 N–H and O–H groups in total. The first kappa shape index (κ1) is 15.4. The lowest BCUT2D eigenvalue weighted by molar-refractivity contribution is 0.0820. The van der Waals surface area contributed by atoms with Gasteiger partial charge in [0.1, 0.15) is 0 Å². The first-order valence-corrected chi connectivity index (χ1v) is 8.26. The SMILES string of the molecule is COC[C@H]1CCCN(Cc2nc(-c3ccc4c(c3)OCO4)no2)C1. The Morgan fingerprint density at radius 1 is 1.29 bits per heavy atom. The van der Waals surface area contributed by atoms with Crippen LogP contribution in [0.25, 0.3) is 11.4 Å². The van der Waals surface area contributed by atoms with Gasteiger partial charge in [-0.3, -0.25) is 4.90 Å². The molecule has 4 rings (SSSR count). The van der Waals surface area contributed by atoms with Crippen LogP contribution in [0.3, 0.4) is 0 Å². The summed E-state index contributed by atoms with van der Waals surface area (Å²) in [7, 11) is 1.76. The molecule has 1 aromatic carbocycles. The van der Waals surface area contributed by atoms with Crippen LogP contribution >= 0.6 is 0 Å². The molecule has 128 valence electrons. The van der Waals surface area contributed by atoms with E-state index in [9.17, 15) is 0 Å². The molecule has 2 aliphatic rings. The zero-order valence-electron chi connectivity index (χ0n) is 13.7. The molecular weight excluding hydrogens is 310 g/mol. The molecule has 0 aliphatic carbocycles. The summed E-state index contributed by atoms with van der Waals surface area (Å²) in [6.45, 7) is 3.81. The standard InChI is InChI=1S/C17H21N3O4/c1-21-10-12-3-2-6-20(8-12)9-16-18-17(19-24-16)13-4-5-14-15(7-13)23-11-22-14/h4-5,7,12H,2-3,6,8-11H2,1H3/t12-/m0/s1. The van der Waals surface area contributed by atoms with E-state index in [1.807, 2.05) is 18.2 Å². The number of nitrogens with zero attached hydrogens (tertiary/aromatic N) is 3. The smallest absolute Gasteiger partial charge is 0.241 e. The van der Waals surface area contributed by atoms with Crippen LogP contribution in [0, 0.1) is 5.92 Å². The molecule has 7 heteroatoms. The summed E-state index contributed by atoms with van der Waals surface area (Å²) in [5.41, 5.74) is 0.866. The molecule has 0 amide bonds. The zero-order valence-corrected chi connectivity index (χ0v) is 13.7. The minimum absolute atomic E-state index is 0.258. The maximum absolute atomic E-state index is 5.43. The van der Waals surface area contributed by atoms with Crippen LogP contribution in [0.1, 0.15) is 18.7 Å². The Morgan fingerprint density at radius 2 is 2.21 bits per heavy atom. The highest BCUT2D eigenvalue weighted by Gasteiger charge is 2.22. The van der Waals surface area contributed by atoms with Crippen LogP contribution in [0.2, 0.25) is 0 Å². The first-order valence-electron chi connectivity index (χ1n) is 8.26. The number of likely N-dealkylation sites (tertiary alicyclic amines) is 1. The monoisotopic (exact) mass is 331 g/mol. The van der Waals surface area contributed by atoms with Crippen molar-refractivity contribution in [3.63, 3.8) is 0 Å². The third kappa shape index (κ3) is 3.22. The molecule has 1 saturated heterocycles. The Labute approximate surface area is 140 Å². The van der Waals surface area contributed by atoms with Crippen LogP contribution in [-0.4, -0.2) is 48.6 Å². The molecule has 0 saturated carbocycles. The molecule has 1 atom stereocenters. The van der Waals surface area contributed by atoms with Gasteiger partial charge in [0.05, 0.1) is 13.2 Å². The number of piperidine rings is 1. The van der Waals surface area contributed by atoms with E-state index < -0.39 is 0 Å². The summed E-state index contributed by atoms with van der Waals surface area (Å²) in [6, 6.07) is 5.66. The lowest BCUT2D eigenvalue weighted by Crippen LogP contribution is -2.36. The van der Waals surface area contributed by atoms with Crippen molar-refractivity contribution in [3.8, 4) is 22.9 Å². The van der Waals surface area contributed by atoms with Crippen LogP contribution in [0.5, 0.6) is 11.5 Å². The van der Waals surface area contributed by atoms with E-state index >= 15 is 0 Å². The minimum Gasteiger partial charge on any atom is -0.454 e. The fraction of sp³-hybridized carbons (Fsp3) is 0.529. The average molecular weight is 331 g/mol. The van der Waals surface area contributed by atoms with Crippen molar-refractivity contribution < 1.29 is 18.7 Å². The van der Waals surface area contributed by atoms with Crippen molar-refractivity contribution in [2.45, 2.75) is 19.4 Å². The lowest BCUT2D eigenvalue weighted by Gasteiger charge is -2.31. The van der Waals surface area contributed by atoms with Gasteiger partial charge in [-0.15, -0.1) is 0 Å². The van der Waals surface area contributed by atoms with Crippen LogP contribution in [0.15, 0.2) is 22.7 Å². The number of benzene rings is 1. The number of methoxy groups -OCH3 is 1. The lowest BCUT2D eigenvalue weighted by atomic mass is 9.99. The number of fused-ring (bicyclic) bond motifs is 1. The topological polar surface area (TPSA) is 69.9 Å². The van der Waals surface area contributed by atoms with E-state index in [1.54, 1.807) is 7.11 Å². The average Bonchev–Trinajstić information content (AvgIpc) is 3.24. The van der Waals surface area contributed by atoms with Crippen molar-refractivity contribution in [1.29, 1.82) is 0 Å². The normalized spacial score (nSPS) is 20.5. The van der Waals surface area contributed by atoms with Crippen LogP contribution in [-0.2, 0) is 11.3 Å². The van der Waals surface area contributed by atoms with Gasteiger partial charge in [0.2, 0.25) is 18.5 Å². The molecule has 2 aliphatic heterocycles. The van der Waals surface area contributed by atoms with E-state index in [4.69, 9.17) is 18.7 Å². The summed E-state index contributed by atoms with van der Waals surface area (Å²) in [5, 5.41) is 4.10. The molecule has 0 radical (unpaired) electrons. The largest absolute Gasteiger partial charge is 0.454 e. The fourth-order valence-corrected chi connectivity index (χ4v) is 3.33. The van der Waals surface area contributed by atoms with Crippen molar-refractivity contribution >= 4 is 0 Å². The number of hydrogen-bond acceptors (Lipinski definition) is 7. The van der Waals surface area contributed by atoms with E-state index in [-0.39, 0.29) is 6.79 Å². The number of hydrogen-bond donors (Lipinski definition) is 0. The molecule has 1 aromatic heterocycles. The Morgan fingerprint density at radius 3 is 3.12 bits per heavy atom. The molecule has 2 aromatic rings. The van der Waals surface area contributed by atoms with Gasteiger partial charge in [-0.2, -0.15) is 4.98 Å². The summed E-state index contributed by atoms with van der Waals surface area (Å²) in [5.74, 6) is 3.27. The van der Waals surface area contributed by atoms with Gasteiger partial charge in [-0.05, 0) is 43.5 Å². The van der Waals surface area contributed by atoms with E-state index in [2.05, 4.69) is 15.0 Å². The van der Waals surface area contributed by atoms with Gasteiger partial charge in [0, 0.05) is 19.2 Å². The molecule has 7 nitrogen and oxygen atoms in total. The zero-order chi connectivity index (χ0) is 16.4. The summed E-state index contributed by atoms with van der Waals surface area (Å²) < 4.78 is 21.4. The highest BCUT2D eigenvalue weighted by Crippen LogP contribution is 2.35. The number of ether oxygens (including phenoxy) is 3. The molecule has 1 fully saturated rings. The Hall–Kier alpha value is -2.12. The summed E-state index contributed by atoms with van der Waals surface area (Å²) >= 11 is 0. The van der Waals surface area contributed by atoms with Crippen molar-refractivity contribution in [2.75, 3.05) is 33.6 Å². The Bertz CT molecular complexity index is 701. The molecule has 0 unspecified atom stereocenters. The molecule has 0 spiro atoms. The molecule has 3 heterocycles. The van der Waals surface area contributed by atoms with Gasteiger partial charge in [-0.1, -0.05) is 5.16 Å². The second-order valence-electron chi connectivity index (χ2n) is 6.28. The fourth-order valence-electron chi connectivity index (χ4n) is 3.33. The van der Waals surface area contributed by atoms with E-state index in [0.29, 0.717) is 24.2 Å². The van der Waals surface area contributed by atoms with E-state index in [1.165, 1.54) is 12.8 Å². The Balaban J connectivity index is 1.43. The van der Waals surface area contributed by atoms with Gasteiger partial charge in [-0.25, -0.2) is 0 Å². The second-order valence-corrected chi connectivity index (χ2v) is 6.28. The van der Waals surface area contributed by atoms with Gasteiger partial charge < -0.3 is 18.7 Å². The van der Waals surface area contributed by atoms with Gasteiger partial charge >= 0.3 is 0 Å². The predicted octanol–water partition coefficient (Wildman–Crippen LogP) is 2.32. The first-order chi connectivity index (χ1) is 11.8. The third-order valence-corrected chi connectivity index (χ3v) is 4.46.